The van der Waals surface area contributed by atoms with Crippen molar-refractivity contribution in [1.82, 2.24) is 20.1 Å². The van der Waals surface area contributed by atoms with Crippen molar-refractivity contribution in [3.8, 4) is 0 Å². The molecule has 0 unspecified atom stereocenters. The number of alkyl halides is 1. The van der Waals surface area contributed by atoms with Crippen molar-refractivity contribution in [2.24, 2.45) is 5.92 Å². The summed E-state index contributed by atoms with van der Waals surface area (Å²) < 4.78 is 13.7. The SMILES string of the molecule is Cc1ccccc1CC(=O)N1C[C@@H](CF)[C@H](c2nc(C3CCCCC3)n[nH]2)C1. The van der Waals surface area contributed by atoms with E-state index < -0.39 is 6.67 Å². The Labute approximate surface area is 165 Å². The first kappa shape index (κ1) is 19.1. The van der Waals surface area contributed by atoms with Gasteiger partial charge in [-0.1, -0.05) is 43.5 Å². The van der Waals surface area contributed by atoms with E-state index in [0.717, 1.165) is 35.6 Å². The first-order valence-corrected chi connectivity index (χ1v) is 10.5. The molecule has 0 spiro atoms. The molecule has 2 aliphatic rings. The largest absolute Gasteiger partial charge is 0.341 e. The van der Waals surface area contributed by atoms with E-state index in [1.54, 1.807) is 4.90 Å². The van der Waals surface area contributed by atoms with Crippen molar-refractivity contribution in [3.05, 3.63) is 47.0 Å². The maximum Gasteiger partial charge on any atom is 0.227 e. The standard InChI is InChI=1S/C22H29FN4O/c1-15-7-5-6-10-17(15)11-20(28)27-13-18(12-23)19(14-27)22-24-21(25-26-22)16-8-3-2-4-9-16/h5-7,10,16,18-19H,2-4,8-9,11-14H2,1H3,(H,24,25,26)/t18-,19-/m1/s1. The van der Waals surface area contributed by atoms with Crippen molar-refractivity contribution in [2.75, 3.05) is 19.8 Å². The van der Waals surface area contributed by atoms with E-state index in [4.69, 9.17) is 4.98 Å². The number of nitrogens with zero attached hydrogens (tertiary/aromatic N) is 3. The second kappa shape index (κ2) is 8.41. The number of amides is 1. The lowest BCUT2D eigenvalue weighted by molar-refractivity contribution is -0.129. The van der Waals surface area contributed by atoms with Gasteiger partial charge in [0.15, 0.2) is 5.82 Å². The summed E-state index contributed by atoms with van der Waals surface area (Å²) in [6, 6.07) is 7.93. The molecular weight excluding hydrogens is 355 g/mol. The van der Waals surface area contributed by atoms with E-state index >= 15 is 0 Å². The Kier molecular flexibility index (Phi) is 5.74. The van der Waals surface area contributed by atoms with Crippen LogP contribution in [0.1, 0.15) is 66.7 Å². The predicted molar refractivity (Wildman–Crippen MR) is 106 cm³/mol. The van der Waals surface area contributed by atoms with Gasteiger partial charge in [-0.2, -0.15) is 5.10 Å². The van der Waals surface area contributed by atoms with E-state index in [-0.39, 0.29) is 17.7 Å². The molecule has 1 aliphatic carbocycles. The number of hydrogen-bond donors (Lipinski definition) is 1. The molecule has 0 radical (unpaired) electrons. The molecule has 1 amide bonds. The number of benzene rings is 1. The molecule has 2 fully saturated rings. The van der Waals surface area contributed by atoms with Gasteiger partial charge in [0.25, 0.3) is 0 Å². The number of aromatic amines is 1. The molecule has 2 aromatic rings. The zero-order valence-corrected chi connectivity index (χ0v) is 16.5. The van der Waals surface area contributed by atoms with Gasteiger partial charge in [-0.05, 0) is 30.9 Å². The first-order chi connectivity index (χ1) is 13.7. The van der Waals surface area contributed by atoms with Crippen LogP contribution in [0.3, 0.4) is 0 Å². The molecule has 6 heteroatoms. The second-order valence-corrected chi connectivity index (χ2v) is 8.34. The summed E-state index contributed by atoms with van der Waals surface area (Å²) in [4.78, 5) is 19.3. The first-order valence-electron chi connectivity index (χ1n) is 10.5. The molecule has 1 N–H and O–H groups in total. The predicted octanol–water partition coefficient (Wildman–Crippen LogP) is 3.92. The normalized spacial score (nSPS) is 23.3. The number of nitrogens with one attached hydrogen (secondary N) is 1. The number of rotatable bonds is 5. The molecule has 1 aromatic heterocycles. The third-order valence-electron chi connectivity index (χ3n) is 6.44. The molecule has 4 rings (SSSR count). The van der Waals surface area contributed by atoms with Crippen LogP contribution in [0.5, 0.6) is 0 Å². The van der Waals surface area contributed by atoms with E-state index in [0.29, 0.717) is 25.4 Å². The van der Waals surface area contributed by atoms with Crippen molar-refractivity contribution in [3.63, 3.8) is 0 Å². The lowest BCUT2D eigenvalue weighted by Gasteiger charge is -2.18. The lowest BCUT2D eigenvalue weighted by atomic mass is 9.89. The molecule has 150 valence electrons. The monoisotopic (exact) mass is 384 g/mol. The van der Waals surface area contributed by atoms with Crippen LogP contribution in [0.25, 0.3) is 0 Å². The summed E-state index contributed by atoms with van der Waals surface area (Å²) >= 11 is 0. The third-order valence-corrected chi connectivity index (χ3v) is 6.44. The Hall–Kier alpha value is -2.24. The van der Waals surface area contributed by atoms with Crippen LogP contribution in [0.15, 0.2) is 24.3 Å². The Balaban J connectivity index is 1.44. The molecule has 1 aromatic carbocycles. The lowest BCUT2D eigenvalue weighted by Crippen LogP contribution is -2.30. The average molecular weight is 384 g/mol. The van der Waals surface area contributed by atoms with Crippen LogP contribution in [0, 0.1) is 12.8 Å². The van der Waals surface area contributed by atoms with Crippen molar-refractivity contribution in [1.29, 1.82) is 0 Å². The molecule has 5 nitrogen and oxygen atoms in total. The highest BCUT2D eigenvalue weighted by Gasteiger charge is 2.38. The van der Waals surface area contributed by atoms with Crippen molar-refractivity contribution >= 4 is 5.91 Å². The highest BCUT2D eigenvalue weighted by molar-refractivity contribution is 5.79. The van der Waals surface area contributed by atoms with E-state index in [2.05, 4.69) is 10.2 Å². The zero-order valence-electron chi connectivity index (χ0n) is 16.5. The van der Waals surface area contributed by atoms with Gasteiger partial charge in [0, 0.05) is 30.8 Å². The van der Waals surface area contributed by atoms with Gasteiger partial charge in [-0.25, -0.2) is 4.98 Å². The molecule has 1 saturated carbocycles. The number of halogens is 1. The summed E-state index contributed by atoms with van der Waals surface area (Å²) in [6.45, 7) is 2.53. The fourth-order valence-corrected chi connectivity index (χ4v) is 4.62. The molecule has 1 saturated heterocycles. The topological polar surface area (TPSA) is 61.9 Å². The van der Waals surface area contributed by atoms with Crippen LogP contribution in [-0.2, 0) is 11.2 Å². The van der Waals surface area contributed by atoms with Crippen LogP contribution < -0.4 is 0 Å². The number of aryl methyl sites for hydroxylation is 1. The second-order valence-electron chi connectivity index (χ2n) is 8.34. The van der Waals surface area contributed by atoms with Crippen LogP contribution in [-0.4, -0.2) is 45.8 Å². The van der Waals surface area contributed by atoms with E-state index in [9.17, 15) is 9.18 Å². The maximum atomic E-state index is 13.7. The van der Waals surface area contributed by atoms with Gasteiger partial charge in [-0.15, -0.1) is 0 Å². The number of aromatic nitrogens is 3. The summed E-state index contributed by atoms with van der Waals surface area (Å²) in [5, 5.41) is 7.50. The molecule has 2 heterocycles. The van der Waals surface area contributed by atoms with Gasteiger partial charge in [-0.3, -0.25) is 14.3 Å². The minimum absolute atomic E-state index is 0.0577. The average Bonchev–Trinajstić information content (AvgIpc) is 3.37. The molecule has 28 heavy (non-hydrogen) atoms. The summed E-state index contributed by atoms with van der Waals surface area (Å²) in [5.74, 6) is 1.78. The smallest absolute Gasteiger partial charge is 0.227 e. The number of H-pyrrole nitrogens is 1. The zero-order chi connectivity index (χ0) is 19.5. The van der Waals surface area contributed by atoms with Crippen LogP contribution in [0.4, 0.5) is 4.39 Å². The Bertz CT molecular complexity index is 814. The Morgan fingerprint density at radius 1 is 1.21 bits per heavy atom. The Morgan fingerprint density at radius 3 is 2.75 bits per heavy atom. The highest BCUT2D eigenvalue weighted by Crippen LogP contribution is 2.34. The summed E-state index contributed by atoms with van der Waals surface area (Å²) in [5.41, 5.74) is 2.15. The van der Waals surface area contributed by atoms with Crippen LogP contribution >= 0.6 is 0 Å². The highest BCUT2D eigenvalue weighted by atomic mass is 19.1. The third kappa shape index (κ3) is 3.96. The van der Waals surface area contributed by atoms with Gasteiger partial charge in [0.05, 0.1) is 13.1 Å². The van der Waals surface area contributed by atoms with Crippen LogP contribution in [0.2, 0.25) is 0 Å². The van der Waals surface area contributed by atoms with E-state index in [1.165, 1.54) is 19.3 Å². The number of carbonyl (C=O) groups excluding carboxylic acids is 1. The van der Waals surface area contributed by atoms with Gasteiger partial charge < -0.3 is 4.90 Å². The molecule has 2 atom stereocenters. The Morgan fingerprint density at radius 2 is 2.00 bits per heavy atom. The quantitative estimate of drug-likeness (QED) is 0.850. The van der Waals surface area contributed by atoms with Gasteiger partial charge in [0.2, 0.25) is 5.91 Å². The van der Waals surface area contributed by atoms with Crippen molar-refractivity contribution in [2.45, 2.75) is 57.3 Å². The number of likely N-dealkylation sites (tertiary alicyclic amines) is 1. The van der Waals surface area contributed by atoms with Gasteiger partial charge in [0.1, 0.15) is 5.82 Å². The maximum absolute atomic E-state index is 13.7. The fourth-order valence-electron chi connectivity index (χ4n) is 4.62. The molecule has 1 aliphatic heterocycles. The minimum Gasteiger partial charge on any atom is -0.341 e. The summed E-state index contributed by atoms with van der Waals surface area (Å²) in [6.07, 6.45) is 6.38. The number of hydrogen-bond acceptors (Lipinski definition) is 3. The molecular formula is C22H29FN4O. The van der Waals surface area contributed by atoms with Gasteiger partial charge >= 0.3 is 0 Å². The fraction of sp³-hybridized carbons (Fsp3) is 0.591. The molecule has 0 bridgehead atoms. The summed E-state index contributed by atoms with van der Waals surface area (Å²) in [7, 11) is 0. The minimum atomic E-state index is -0.446. The van der Waals surface area contributed by atoms with E-state index in [1.807, 2.05) is 31.2 Å². The van der Waals surface area contributed by atoms with Crippen molar-refractivity contribution < 1.29 is 9.18 Å². The number of carbonyl (C=O) groups is 1.